The molecule has 1 aromatic carbocycles. The number of hydrogen-bond acceptors (Lipinski definition) is 3. The monoisotopic (exact) mass is 358 g/mol. The standard InChI is InChI=1S/C20H26N2O4/c23-18-4-2-11-21(18)13-16-5-8-17(9-6-16)20(26)22-12-1-3-15(14-22)7-10-19(24)25/h5-6,8-9,15H,1-4,7,10-14H2,(H,24,25). The topological polar surface area (TPSA) is 77.9 Å². The average Bonchev–Trinajstić information content (AvgIpc) is 3.05. The van der Waals surface area contributed by atoms with E-state index in [-0.39, 0.29) is 24.2 Å². The molecule has 2 amide bonds. The lowest BCUT2D eigenvalue weighted by atomic mass is 9.93. The molecule has 26 heavy (non-hydrogen) atoms. The summed E-state index contributed by atoms with van der Waals surface area (Å²) in [7, 11) is 0. The Morgan fingerprint density at radius 2 is 1.88 bits per heavy atom. The van der Waals surface area contributed by atoms with Crippen LogP contribution in [0.1, 0.15) is 54.4 Å². The molecule has 0 bridgehead atoms. The van der Waals surface area contributed by atoms with Gasteiger partial charge in [-0.05, 0) is 49.3 Å². The Labute approximate surface area is 153 Å². The third kappa shape index (κ3) is 4.62. The maximum Gasteiger partial charge on any atom is 0.303 e. The van der Waals surface area contributed by atoms with Crippen molar-refractivity contribution in [3.8, 4) is 0 Å². The minimum atomic E-state index is -0.777. The highest BCUT2D eigenvalue weighted by molar-refractivity contribution is 5.94. The van der Waals surface area contributed by atoms with Gasteiger partial charge < -0.3 is 14.9 Å². The first-order valence-corrected chi connectivity index (χ1v) is 9.40. The molecule has 1 atom stereocenters. The number of carboxylic acid groups (broad SMARTS) is 1. The molecule has 140 valence electrons. The highest BCUT2D eigenvalue weighted by Gasteiger charge is 2.25. The molecule has 1 N–H and O–H groups in total. The number of carbonyl (C=O) groups is 3. The summed E-state index contributed by atoms with van der Waals surface area (Å²) in [6.07, 6.45) is 4.26. The molecule has 2 saturated heterocycles. The lowest BCUT2D eigenvalue weighted by molar-refractivity contribution is -0.137. The summed E-state index contributed by atoms with van der Waals surface area (Å²) in [5, 5.41) is 8.84. The summed E-state index contributed by atoms with van der Waals surface area (Å²) < 4.78 is 0. The first kappa shape index (κ1) is 18.4. The van der Waals surface area contributed by atoms with Crippen molar-refractivity contribution >= 4 is 17.8 Å². The third-order valence-electron chi connectivity index (χ3n) is 5.32. The molecule has 0 aliphatic carbocycles. The lowest BCUT2D eigenvalue weighted by Crippen LogP contribution is -2.40. The van der Waals surface area contributed by atoms with E-state index >= 15 is 0 Å². The van der Waals surface area contributed by atoms with Crippen molar-refractivity contribution in [2.75, 3.05) is 19.6 Å². The zero-order valence-electron chi connectivity index (χ0n) is 15.0. The van der Waals surface area contributed by atoms with Gasteiger partial charge in [-0.1, -0.05) is 12.1 Å². The zero-order chi connectivity index (χ0) is 18.5. The lowest BCUT2D eigenvalue weighted by Gasteiger charge is -2.32. The first-order chi connectivity index (χ1) is 12.5. The van der Waals surface area contributed by atoms with Gasteiger partial charge in [-0.25, -0.2) is 0 Å². The molecule has 2 heterocycles. The van der Waals surface area contributed by atoms with E-state index in [1.54, 1.807) is 0 Å². The van der Waals surface area contributed by atoms with Gasteiger partial charge >= 0.3 is 5.97 Å². The number of piperidine rings is 1. The molecule has 2 aliphatic rings. The van der Waals surface area contributed by atoms with Gasteiger partial charge in [-0.3, -0.25) is 14.4 Å². The Kier molecular flexibility index (Phi) is 5.91. The number of benzene rings is 1. The van der Waals surface area contributed by atoms with Gasteiger partial charge in [0.15, 0.2) is 0 Å². The van der Waals surface area contributed by atoms with Gasteiger partial charge in [0.2, 0.25) is 5.91 Å². The largest absolute Gasteiger partial charge is 0.481 e. The molecule has 0 radical (unpaired) electrons. The fourth-order valence-corrected chi connectivity index (χ4v) is 3.84. The van der Waals surface area contributed by atoms with Crippen LogP contribution in [-0.2, 0) is 16.1 Å². The van der Waals surface area contributed by atoms with Crippen LogP contribution in [0.25, 0.3) is 0 Å². The predicted octanol–water partition coefficient (Wildman–Crippen LogP) is 2.53. The van der Waals surface area contributed by atoms with Crippen LogP contribution in [0.15, 0.2) is 24.3 Å². The Morgan fingerprint density at radius 1 is 1.12 bits per heavy atom. The number of nitrogens with zero attached hydrogens (tertiary/aromatic N) is 2. The van der Waals surface area contributed by atoms with Gasteiger partial charge in [-0.15, -0.1) is 0 Å². The molecule has 1 unspecified atom stereocenters. The van der Waals surface area contributed by atoms with Gasteiger partial charge in [0.1, 0.15) is 0 Å². The number of amides is 2. The number of aliphatic carboxylic acids is 1. The van der Waals surface area contributed by atoms with Gasteiger partial charge in [-0.2, -0.15) is 0 Å². The predicted molar refractivity (Wildman–Crippen MR) is 96.6 cm³/mol. The van der Waals surface area contributed by atoms with E-state index in [0.717, 1.165) is 37.9 Å². The van der Waals surface area contributed by atoms with Crippen molar-refractivity contribution in [1.82, 2.24) is 9.80 Å². The molecule has 2 fully saturated rings. The van der Waals surface area contributed by atoms with Crippen LogP contribution in [-0.4, -0.2) is 52.3 Å². The molecule has 6 nitrogen and oxygen atoms in total. The van der Waals surface area contributed by atoms with E-state index in [9.17, 15) is 14.4 Å². The zero-order valence-corrected chi connectivity index (χ0v) is 15.0. The Hall–Kier alpha value is -2.37. The average molecular weight is 358 g/mol. The quantitative estimate of drug-likeness (QED) is 0.848. The number of hydrogen-bond donors (Lipinski definition) is 1. The fraction of sp³-hybridized carbons (Fsp3) is 0.550. The highest BCUT2D eigenvalue weighted by atomic mass is 16.4. The van der Waals surface area contributed by atoms with Crippen LogP contribution in [0, 0.1) is 5.92 Å². The molecule has 2 aliphatic heterocycles. The van der Waals surface area contributed by atoms with Gasteiger partial charge in [0, 0.05) is 44.6 Å². The van der Waals surface area contributed by atoms with Gasteiger partial charge in [0.25, 0.3) is 5.91 Å². The number of likely N-dealkylation sites (tertiary alicyclic amines) is 2. The van der Waals surface area contributed by atoms with E-state index in [2.05, 4.69) is 0 Å². The third-order valence-corrected chi connectivity index (χ3v) is 5.32. The Morgan fingerprint density at radius 3 is 2.54 bits per heavy atom. The second kappa shape index (κ2) is 8.34. The van der Waals surface area contributed by atoms with E-state index in [0.29, 0.717) is 31.5 Å². The number of rotatable bonds is 6. The Balaban J connectivity index is 1.57. The maximum atomic E-state index is 12.7. The molecule has 0 saturated carbocycles. The summed E-state index contributed by atoms with van der Waals surface area (Å²) >= 11 is 0. The summed E-state index contributed by atoms with van der Waals surface area (Å²) in [5.41, 5.74) is 1.69. The highest BCUT2D eigenvalue weighted by Crippen LogP contribution is 2.23. The smallest absolute Gasteiger partial charge is 0.303 e. The summed E-state index contributed by atoms with van der Waals surface area (Å²) in [6.45, 7) is 2.78. The van der Waals surface area contributed by atoms with E-state index < -0.39 is 5.97 Å². The second-order valence-corrected chi connectivity index (χ2v) is 7.31. The van der Waals surface area contributed by atoms with Crippen molar-refractivity contribution in [2.24, 2.45) is 5.92 Å². The van der Waals surface area contributed by atoms with Crippen LogP contribution < -0.4 is 0 Å². The molecule has 0 spiro atoms. The molecule has 6 heteroatoms. The summed E-state index contributed by atoms with van der Waals surface area (Å²) in [4.78, 5) is 38.9. The van der Waals surface area contributed by atoms with Crippen molar-refractivity contribution in [1.29, 1.82) is 0 Å². The number of carbonyl (C=O) groups excluding carboxylic acids is 2. The van der Waals surface area contributed by atoms with Crippen LogP contribution in [0.4, 0.5) is 0 Å². The molecule has 3 rings (SSSR count). The maximum absolute atomic E-state index is 12.7. The molecular formula is C20H26N2O4. The molecule has 0 aromatic heterocycles. The first-order valence-electron chi connectivity index (χ1n) is 9.40. The molecular weight excluding hydrogens is 332 g/mol. The van der Waals surface area contributed by atoms with Crippen LogP contribution in [0.2, 0.25) is 0 Å². The number of carboxylic acids is 1. The van der Waals surface area contributed by atoms with Crippen molar-refractivity contribution < 1.29 is 19.5 Å². The second-order valence-electron chi connectivity index (χ2n) is 7.31. The van der Waals surface area contributed by atoms with Crippen LogP contribution in [0.3, 0.4) is 0 Å². The van der Waals surface area contributed by atoms with Crippen molar-refractivity contribution in [3.63, 3.8) is 0 Å². The SMILES string of the molecule is O=C(O)CCC1CCCN(C(=O)c2ccc(CN3CCCC3=O)cc2)C1. The van der Waals surface area contributed by atoms with E-state index in [4.69, 9.17) is 5.11 Å². The van der Waals surface area contributed by atoms with Crippen molar-refractivity contribution in [2.45, 2.75) is 45.1 Å². The summed E-state index contributed by atoms with van der Waals surface area (Å²) in [5.74, 6) is -0.301. The van der Waals surface area contributed by atoms with Crippen LogP contribution in [0.5, 0.6) is 0 Å². The summed E-state index contributed by atoms with van der Waals surface area (Å²) in [6, 6.07) is 7.51. The Bertz CT molecular complexity index is 671. The van der Waals surface area contributed by atoms with E-state index in [1.165, 1.54) is 0 Å². The van der Waals surface area contributed by atoms with E-state index in [1.807, 2.05) is 34.1 Å². The van der Waals surface area contributed by atoms with Crippen LogP contribution >= 0.6 is 0 Å². The fourth-order valence-electron chi connectivity index (χ4n) is 3.84. The minimum absolute atomic E-state index is 0.00817. The molecule has 1 aromatic rings. The van der Waals surface area contributed by atoms with Gasteiger partial charge in [0.05, 0.1) is 0 Å². The minimum Gasteiger partial charge on any atom is -0.481 e. The van der Waals surface area contributed by atoms with Crippen molar-refractivity contribution in [3.05, 3.63) is 35.4 Å². The normalized spacial score (nSPS) is 20.5.